The van der Waals surface area contributed by atoms with E-state index in [4.69, 9.17) is 4.74 Å². The van der Waals surface area contributed by atoms with Crippen molar-refractivity contribution in [2.45, 2.75) is 18.3 Å². The molecule has 0 unspecified atom stereocenters. The molecule has 0 spiro atoms. The van der Waals surface area contributed by atoms with Crippen LogP contribution in [0.2, 0.25) is 0 Å². The van der Waals surface area contributed by atoms with Crippen molar-refractivity contribution in [2.75, 3.05) is 7.11 Å². The summed E-state index contributed by atoms with van der Waals surface area (Å²) < 4.78 is 46.0. The summed E-state index contributed by atoms with van der Waals surface area (Å²) in [6.45, 7) is 0. The number of non-ortho nitro benzene ring substituents is 1. The van der Waals surface area contributed by atoms with Crippen LogP contribution in [0.5, 0.6) is 5.75 Å². The second-order valence-electron chi connectivity index (χ2n) is 6.19. The van der Waals surface area contributed by atoms with E-state index in [1.54, 1.807) is 6.07 Å². The Morgan fingerprint density at radius 3 is 2.48 bits per heavy atom. The van der Waals surface area contributed by atoms with Gasteiger partial charge in [0.1, 0.15) is 5.75 Å². The van der Waals surface area contributed by atoms with Crippen molar-refractivity contribution in [3.63, 3.8) is 0 Å². The van der Waals surface area contributed by atoms with Crippen LogP contribution in [0.1, 0.15) is 22.3 Å². The molecule has 1 aliphatic rings. The summed E-state index contributed by atoms with van der Waals surface area (Å²) in [7, 11) is 1.38. The second-order valence-corrected chi connectivity index (χ2v) is 6.19. The molecule has 1 N–H and O–H groups in total. The zero-order chi connectivity index (χ0) is 21.4. The average Bonchev–Trinajstić information content (AvgIpc) is 3.06. The Balaban J connectivity index is 2.02. The molecule has 3 rings (SSSR count). The van der Waals surface area contributed by atoms with E-state index in [0.717, 1.165) is 24.3 Å². The van der Waals surface area contributed by atoms with Gasteiger partial charge >= 0.3 is 6.18 Å². The fourth-order valence-electron chi connectivity index (χ4n) is 2.79. The minimum Gasteiger partial charge on any atom is -0.497 e. The fraction of sp³-hybridized carbons (Fsp3) is 0.222. The predicted molar refractivity (Wildman–Crippen MR) is 94.4 cm³/mol. The minimum atomic E-state index is -5.20. The quantitative estimate of drug-likeness (QED) is 0.617. The number of halogens is 3. The molecule has 0 saturated heterocycles. The number of nitro benzene ring substituents is 1. The van der Waals surface area contributed by atoms with Crippen molar-refractivity contribution >= 4 is 17.3 Å². The lowest BCUT2D eigenvalue weighted by Gasteiger charge is -2.32. The fourth-order valence-corrected chi connectivity index (χ4v) is 2.79. The van der Waals surface area contributed by atoms with Gasteiger partial charge in [0.2, 0.25) is 0 Å². The molecule has 0 aliphatic carbocycles. The number of carbonyl (C=O) groups is 1. The maximum atomic E-state index is 13.6. The number of hydrogen-bond acceptors (Lipinski definition) is 6. The number of hydrogen-bond donors (Lipinski definition) is 1. The van der Waals surface area contributed by atoms with Crippen molar-refractivity contribution in [3.8, 4) is 5.75 Å². The van der Waals surface area contributed by atoms with Crippen LogP contribution in [-0.4, -0.2) is 45.7 Å². The van der Waals surface area contributed by atoms with Gasteiger partial charge in [-0.2, -0.15) is 23.3 Å². The first-order chi connectivity index (χ1) is 13.6. The van der Waals surface area contributed by atoms with Crippen LogP contribution in [0.3, 0.4) is 0 Å². The van der Waals surface area contributed by atoms with Crippen molar-refractivity contribution in [2.24, 2.45) is 5.10 Å². The van der Waals surface area contributed by atoms with Crippen LogP contribution < -0.4 is 4.74 Å². The zero-order valence-corrected chi connectivity index (χ0v) is 14.9. The number of ether oxygens (including phenoxy) is 1. The molecule has 1 heterocycles. The third-order valence-electron chi connectivity index (χ3n) is 4.36. The molecule has 0 saturated carbocycles. The zero-order valence-electron chi connectivity index (χ0n) is 14.9. The van der Waals surface area contributed by atoms with Crippen molar-refractivity contribution in [3.05, 3.63) is 69.8 Å². The lowest BCUT2D eigenvalue weighted by molar-refractivity contribution is -0.384. The number of rotatable bonds is 4. The van der Waals surface area contributed by atoms with Gasteiger partial charge in [0.05, 0.1) is 24.2 Å². The Kier molecular flexibility index (Phi) is 5.01. The SMILES string of the molecule is COc1cccc(C2=NN(C(=O)c3ccc([N+](=O)[O-])cc3)[C@@](O)(C(F)(F)F)C2)c1. The summed E-state index contributed by atoms with van der Waals surface area (Å²) in [6.07, 6.45) is -6.18. The Hall–Kier alpha value is -3.47. The van der Waals surface area contributed by atoms with Gasteiger partial charge < -0.3 is 9.84 Å². The first-order valence-corrected chi connectivity index (χ1v) is 8.17. The van der Waals surface area contributed by atoms with E-state index in [2.05, 4.69) is 5.10 Å². The third-order valence-corrected chi connectivity index (χ3v) is 4.36. The molecule has 0 fully saturated rings. The highest BCUT2D eigenvalue weighted by Gasteiger charge is 2.63. The van der Waals surface area contributed by atoms with Crippen molar-refractivity contribution < 1.29 is 32.7 Å². The van der Waals surface area contributed by atoms with Gasteiger partial charge in [-0.1, -0.05) is 12.1 Å². The normalized spacial score (nSPS) is 19.1. The Morgan fingerprint density at radius 1 is 1.28 bits per heavy atom. The Bertz CT molecular complexity index is 991. The van der Waals surface area contributed by atoms with Crippen LogP contribution in [0.25, 0.3) is 0 Å². The van der Waals surface area contributed by atoms with Gasteiger partial charge in [0.25, 0.3) is 17.3 Å². The lowest BCUT2D eigenvalue weighted by Crippen LogP contribution is -2.56. The highest BCUT2D eigenvalue weighted by molar-refractivity contribution is 6.05. The van der Waals surface area contributed by atoms with E-state index in [-0.39, 0.29) is 27.5 Å². The lowest BCUT2D eigenvalue weighted by atomic mass is 10.0. The van der Waals surface area contributed by atoms with Gasteiger partial charge in [0.15, 0.2) is 0 Å². The smallest absolute Gasteiger partial charge is 0.438 e. The molecule has 11 heteroatoms. The van der Waals surface area contributed by atoms with Gasteiger partial charge in [-0.15, -0.1) is 0 Å². The number of alkyl halides is 3. The van der Waals surface area contributed by atoms with Crippen molar-refractivity contribution in [1.29, 1.82) is 0 Å². The molecule has 0 aromatic heterocycles. The molecular weight excluding hydrogens is 395 g/mol. The minimum absolute atomic E-state index is 0.0387. The molecule has 0 radical (unpaired) electrons. The maximum absolute atomic E-state index is 13.6. The van der Waals surface area contributed by atoms with E-state index < -0.39 is 29.2 Å². The van der Waals surface area contributed by atoms with Crippen LogP contribution in [0.4, 0.5) is 18.9 Å². The molecule has 2 aromatic carbocycles. The summed E-state index contributed by atoms with van der Waals surface area (Å²) in [4.78, 5) is 22.7. The van der Waals surface area contributed by atoms with E-state index in [9.17, 15) is 33.2 Å². The van der Waals surface area contributed by atoms with E-state index in [1.165, 1.54) is 25.3 Å². The second kappa shape index (κ2) is 7.17. The van der Waals surface area contributed by atoms with Gasteiger partial charge in [-0.25, -0.2) is 0 Å². The number of carbonyl (C=O) groups excluding carboxylic acids is 1. The number of nitrogens with zero attached hydrogens (tertiary/aromatic N) is 3. The molecule has 152 valence electrons. The van der Waals surface area contributed by atoms with Crippen LogP contribution in [0, 0.1) is 10.1 Å². The summed E-state index contributed by atoms with van der Waals surface area (Å²) >= 11 is 0. The summed E-state index contributed by atoms with van der Waals surface area (Å²) in [5.41, 5.74) is -4.13. The maximum Gasteiger partial charge on any atom is 0.438 e. The van der Waals surface area contributed by atoms with Crippen LogP contribution >= 0.6 is 0 Å². The number of amides is 1. The highest BCUT2D eigenvalue weighted by atomic mass is 19.4. The first kappa shape index (κ1) is 20.3. The molecule has 0 bridgehead atoms. The number of nitro groups is 1. The Labute approximate surface area is 162 Å². The molecule has 2 aromatic rings. The van der Waals surface area contributed by atoms with E-state index in [1.807, 2.05) is 0 Å². The summed E-state index contributed by atoms with van der Waals surface area (Å²) in [5, 5.41) is 24.8. The number of hydrazone groups is 1. The number of methoxy groups -OCH3 is 1. The predicted octanol–water partition coefficient (Wildman–Crippen LogP) is 3.10. The Morgan fingerprint density at radius 2 is 1.93 bits per heavy atom. The summed E-state index contributed by atoms with van der Waals surface area (Å²) in [5.74, 6) is -0.890. The molecular formula is C18H14F3N3O5. The molecule has 1 aliphatic heterocycles. The van der Waals surface area contributed by atoms with E-state index >= 15 is 0 Å². The topological polar surface area (TPSA) is 105 Å². The highest BCUT2D eigenvalue weighted by Crippen LogP contribution is 2.42. The third kappa shape index (κ3) is 3.63. The standard InChI is InChI=1S/C18H14F3N3O5/c1-29-14-4-2-3-12(9-14)15-10-17(26,18(19,20)21)23(22-15)16(25)11-5-7-13(8-6-11)24(27)28/h2-9,26H,10H2,1H3/t17-/m0/s1. The first-order valence-electron chi connectivity index (χ1n) is 8.17. The molecule has 1 atom stereocenters. The van der Waals surface area contributed by atoms with Crippen LogP contribution in [-0.2, 0) is 0 Å². The largest absolute Gasteiger partial charge is 0.497 e. The average molecular weight is 409 g/mol. The van der Waals surface area contributed by atoms with Gasteiger partial charge in [0, 0.05) is 23.3 Å². The molecule has 29 heavy (non-hydrogen) atoms. The van der Waals surface area contributed by atoms with Gasteiger partial charge in [-0.05, 0) is 24.3 Å². The summed E-state index contributed by atoms with van der Waals surface area (Å²) in [6, 6.07) is 9.95. The number of benzene rings is 2. The van der Waals surface area contributed by atoms with Crippen molar-refractivity contribution in [1.82, 2.24) is 5.01 Å². The number of aliphatic hydroxyl groups is 1. The molecule has 8 nitrogen and oxygen atoms in total. The van der Waals surface area contributed by atoms with E-state index in [0.29, 0.717) is 5.75 Å². The molecule has 1 amide bonds. The monoisotopic (exact) mass is 409 g/mol. The van der Waals surface area contributed by atoms with Crippen LogP contribution in [0.15, 0.2) is 53.6 Å². The van der Waals surface area contributed by atoms with Gasteiger partial charge in [-0.3, -0.25) is 14.9 Å².